The van der Waals surface area contributed by atoms with Gasteiger partial charge in [-0.05, 0) is 49.2 Å². The normalized spacial score (nSPS) is 18.0. The van der Waals surface area contributed by atoms with Crippen LogP contribution in [0.25, 0.3) is 0 Å². The van der Waals surface area contributed by atoms with Crippen LogP contribution in [0.3, 0.4) is 0 Å². The van der Waals surface area contributed by atoms with Gasteiger partial charge in [-0.1, -0.05) is 29.8 Å². The highest BCUT2D eigenvalue weighted by molar-refractivity contribution is 6.30. The van der Waals surface area contributed by atoms with Gasteiger partial charge in [0.2, 0.25) is 5.91 Å². The van der Waals surface area contributed by atoms with Gasteiger partial charge in [0.05, 0.1) is 0 Å². The minimum absolute atomic E-state index is 0.0176. The fourth-order valence-corrected chi connectivity index (χ4v) is 4.31. The van der Waals surface area contributed by atoms with E-state index in [-0.39, 0.29) is 17.7 Å². The molecule has 5 nitrogen and oxygen atoms in total. The van der Waals surface area contributed by atoms with Crippen LogP contribution in [0.2, 0.25) is 5.02 Å². The van der Waals surface area contributed by atoms with Crippen LogP contribution < -0.4 is 4.90 Å². The highest BCUT2D eigenvalue weighted by Gasteiger charge is 2.32. The van der Waals surface area contributed by atoms with Gasteiger partial charge in [0.1, 0.15) is 0 Å². The van der Waals surface area contributed by atoms with Gasteiger partial charge >= 0.3 is 0 Å². The predicted octanol–water partition coefficient (Wildman–Crippen LogP) is 3.54. The third-order valence-electron chi connectivity index (χ3n) is 5.94. The monoisotopic (exact) mass is 411 g/mol. The number of piperidine rings is 1. The van der Waals surface area contributed by atoms with E-state index in [0.717, 1.165) is 39.0 Å². The van der Waals surface area contributed by atoms with Crippen molar-refractivity contribution in [1.29, 1.82) is 0 Å². The number of hydrogen-bond donors (Lipinski definition) is 0. The highest BCUT2D eigenvalue weighted by atomic mass is 35.5. The van der Waals surface area contributed by atoms with Crippen molar-refractivity contribution in [1.82, 2.24) is 9.80 Å². The molecule has 2 aromatic carbocycles. The zero-order valence-electron chi connectivity index (χ0n) is 16.5. The number of rotatable bonds is 3. The lowest BCUT2D eigenvalue weighted by Gasteiger charge is -2.39. The van der Waals surface area contributed by atoms with E-state index in [4.69, 9.17) is 11.6 Å². The first-order chi connectivity index (χ1) is 14.1. The van der Waals surface area contributed by atoms with Gasteiger partial charge in [-0.3, -0.25) is 9.59 Å². The molecule has 2 heterocycles. The Morgan fingerprint density at radius 1 is 0.759 bits per heavy atom. The molecule has 0 unspecified atom stereocenters. The van der Waals surface area contributed by atoms with E-state index in [1.807, 2.05) is 28.0 Å². The summed E-state index contributed by atoms with van der Waals surface area (Å²) < 4.78 is 0. The van der Waals surface area contributed by atoms with Crippen LogP contribution in [0.4, 0.5) is 5.69 Å². The maximum absolute atomic E-state index is 13.0. The van der Waals surface area contributed by atoms with Gasteiger partial charge in [-0.15, -0.1) is 0 Å². The maximum Gasteiger partial charge on any atom is 0.253 e. The second kappa shape index (κ2) is 8.87. The molecule has 29 heavy (non-hydrogen) atoms. The largest absolute Gasteiger partial charge is 0.368 e. The lowest BCUT2D eigenvalue weighted by Crippen LogP contribution is -2.52. The maximum atomic E-state index is 13.0. The van der Waals surface area contributed by atoms with Crippen LogP contribution in [0.1, 0.15) is 23.2 Å². The Morgan fingerprint density at radius 2 is 1.38 bits per heavy atom. The van der Waals surface area contributed by atoms with Crippen molar-refractivity contribution in [2.45, 2.75) is 12.8 Å². The predicted molar refractivity (Wildman–Crippen MR) is 115 cm³/mol. The summed E-state index contributed by atoms with van der Waals surface area (Å²) in [5.41, 5.74) is 1.87. The molecule has 152 valence electrons. The topological polar surface area (TPSA) is 43.9 Å². The third kappa shape index (κ3) is 4.56. The van der Waals surface area contributed by atoms with Gasteiger partial charge in [0.25, 0.3) is 5.91 Å². The fraction of sp³-hybridized carbons (Fsp3) is 0.391. The average molecular weight is 412 g/mol. The molecule has 2 fully saturated rings. The Kier molecular flexibility index (Phi) is 6.05. The molecule has 2 saturated heterocycles. The van der Waals surface area contributed by atoms with Gasteiger partial charge in [-0.25, -0.2) is 0 Å². The number of piperazine rings is 1. The molecule has 4 rings (SSSR count). The van der Waals surface area contributed by atoms with Crippen LogP contribution in [0, 0.1) is 5.92 Å². The lowest BCUT2D eigenvalue weighted by molar-refractivity contribution is -0.137. The Bertz CT molecular complexity index is 840. The van der Waals surface area contributed by atoms with E-state index in [0.29, 0.717) is 23.7 Å². The molecule has 2 aliphatic rings. The first-order valence-electron chi connectivity index (χ1n) is 10.3. The number of halogens is 1. The second-order valence-electron chi connectivity index (χ2n) is 7.72. The number of amides is 2. The first kappa shape index (κ1) is 19.8. The number of para-hydroxylation sites is 1. The minimum atomic E-state index is 0.0176. The Labute approximate surface area is 176 Å². The summed E-state index contributed by atoms with van der Waals surface area (Å²) in [5, 5.41) is 0.623. The van der Waals surface area contributed by atoms with Crippen molar-refractivity contribution >= 4 is 29.1 Å². The molecule has 0 atom stereocenters. The van der Waals surface area contributed by atoms with Gasteiger partial charge in [0, 0.05) is 61.5 Å². The summed E-state index contributed by atoms with van der Waals surface area (Å²) in [6.07, 6.45) is 1.47. The Balaban J connectivity index is 1.27. The van der Waals surface area contributed by atoms with E-state index in [1.54, 1.807) is 24.3 Å². The summed E-state index contributed by atoms with van der Waals surface area (Å²) in [6.45, 7) is 4.51. The van der Waals surface area contributed by atoms with Crippen LogP contribution in [0.15, 0.2) is 54.6 Å². The summed E-state index contributed by atoms with van der Waals surface area (Å²) in [4.78, 5) is 31.8. The van der Waals surface area contributed by atoms with Gasteiger partial charge in [0.15, 0.2) is 0 Å². The molecule has 0 aliphatic carbocycles. The molecule has 0 radical (unpaired) electrons. The molecule has 2 aliphatic heterocycles. The standard InChI is InChI=1S/C23H26ClN3O2/c24-20-8-6-18(7-9-20)22(28)26-12-10-19(11-13-26)23(29)27-16-14-25(15-17-27)21-4-2-1-3-5-21/h1-9,19H,10-17H2. The summed E-state index contributed by atoms with van der Waals surface area (Å²) in [7, 11) is 0. The highest BCUT2D eigenvalue weighted by Crippen LogP contribution is 2.23. The van der Waals surface area contributed by atoms with E-state index in [1.165, 1.54) is 5.69 Å². The summed E-state index contributed by atoms with van der Waals surface area (Å²) in [5.74, 6) is 0.285. The van der Waals surface area contributed by atoms with Crippen molar-refractivity contribution in [2.24, 2.45) is 5.92 Å². The number of hydrogen-bond acceptors (Lipinski definition) is 3. The van der Waals surface area contributed by atoms with Crippen LogP contribution >= 0.6 is 11.6 Å². The zero-order valence-corrected chi connectivity index (χ0v) is 17.2. The van der Waals surface area contributed by atoms with Crippen molar-refractivity contribution in [3.8, 4) is 0 Å². The quantitative estimate of drug-likeness (QED) is 0.775. The van der Waals surface area contributed by atoms with Crippen LogP contribution in [-0.2, 0) is 4.79 Å². The molecule has 6 heteroatoms. The lowest BCUT2D eigenvalue weighted by atomic mass is 9.94. The molecular formula is C23H26ClN3O2. The van der Waals surface area contributed by atoms with Crippen molar-refractivity contribution in [3.63, 3.8) is 0 Å². The summed E-state index contributed by atoms with van der Waals surface area (Å²) >= 11 is 5.90. The van der Waals surface area contributed by atoms with Crippen LogP contribution in [-0.4, -0.2) is 60.9 Å². The number of benzene rings is 2. The van der Waals surface area contributed by atoms with E-state index in [2.05, 4.69) is 17.0 Å². The molecule has 0 bridgehead atoms. The molecule has 0 saturated carbocycles. The number of nitrogens with zero attached hydrogens (tertiary/aromatic N) is 3. The van der Waals surface area contributed by atoms with E-state index in [9.17, 15) is 9.59 Å². The van der Waals surface area contributed by atoms with Crippen molar-refractivity contribution in [2.75, 3.05) is 44.2 Å². The van der Waals surface area contributed by atoms with Gasteiger partial charge < -0.3 is 14.7 Å². The SMILES string of the molecule is O=C(c1ccc(Cl)cc1)N1CCC(C(=O)N2CCN(c3ccccc3)CC2)CC1. The van der Waals surface area contributed by atoms with Crippen molar-refractivity contribution < 1.29 is 9.59 Å². The Hall–Kier alpha value is -2.53. The average Bonchev–Trinajstić information content (AvgIpc) is 2.79. The third-order valence-corrected chi connectivity index (χ3v) is 6.19. The molecule has 0 N–H and O–H groups in total. The molecule has 0 aromatic heterocycles. The Morgan fingerprint density at radius 3 is 2.00 bits per heavy atom. The van der Waals surface area contributed by atoms with E-state index < -0.39 is 0 Å². The fourth-order valence-electron chi connectivity index (χ4n) is 4.19. The second-order valence-corrected chi connectivity index (χ2v) is 8.16. The van der Waals surface area contributed by atoms with Crippen LogP contribution in [0.5, 0.6) is 0 Å². The number of carbonyl (C=O) groups excluding carboxylic acids is 2. The van der Waals surface area contributed by atoms with Gasteiger partial charge in [-0.2, -0.15) is 0 Å². The molecular weight excluding hydrogens is 386 g/mol. The molecule has 2 aromatic rings. The number of carbonyl (C=O) groups is 2. The minimum Gasteiger partial charge on any atom is -0.368 e. The number of anilines is 1. The first-order valence-corrected chi connectivity index (χ1v) is 10.6. The smallest absolute Gasteiger partial charge is 0.253 e. The zero-order chi connectivity index (χ0) is 20.2. The summed E-state index contributed by atoms with van der Waals surface area (Å²) in [6, 6.07) is 17.3. The molecule has 0 spiro atoms. The molecule has 2 amide bonds. The van der Waals surface area contributed by atoms with E-state index >= 15 is 0 Å². The number of likely N-dealkylation sites (tertiary alicyclic amines) is 1. The van der Waals surface area contributed by atoms with Crippen molar-refractivity contribution in [3.05, 3.63) is 65.2 Å².